The molecule has 0 radical (unpaired) electrons. The summed E-state index contributed by atoms with van der Waals surface area (Å²) >= 11 is 0. The lowest BCUT2D eigenvalue weighted by molar-refractivity contribution is -0.401. The third kappa shape index (κ3) is 38.1. The number of carbonyl (C=O) groups excluding carboxylic acids is 2. The highest BCUT2D eigenvalue weighted by Crippen LogP contribution is 2.48. The van der Waals surface area contributed by atoms with Crippen molar-refractivity contribution in [1.82, 2.24) is 0 Å². The van der Waals surface area contributed by atoms with Gasteiger partial charge in [-0.3, -0.25) is 19.1 Å². The number of rotatable bonds is 74. The third-order valence-electron chi connectivity index (χ3n) is 20.4. The molecule has 0 saturated heterocycles. The summed E-state index contributed by atoms with van der Waals surface area (Å²) in [5.41, 5.74) is -2.49. The van der Waals surface area contributed by atoms with E-state index in [1.807, 2.05) is 0 Å². The highest BCUT2D eigenvalue weighted by molar-refractivity contribution is 6.62. The molecule has 0 spiro atoms. The van der Waals surface area contributed by atoms with Gasteiger partial charge < -0.3 is 98.6 Å². The normalized spacial score (nSPS) is 16.7. The van der Waals surface area contributed by atoms with Gasteiger partial charge in [-0.2, -0.15) is 35.1 Å². The number of hydrogen-bond acceptors (Lipinski definition) is 26. The Labute approximate surface area is 677 Å². The molecule has 2 unspecified atom stereocenters. The molecule has 1 saturated carbocycles. The molecule has 1 rings (SSSR count). The molecule has 0 aromatic heterocycles. The van der Waals surface area contributed by atoms with Gasteiger partial charge in [0, 0.05) is 207 Å². The number of carbonyl (C=O) groups is 2. The van der Waals surface area contributed by atoms with Crippen LogP contribution in [0.25, 0.3) is 0 Å². The van der Waals surface area contributed by atoms with Crippen molar-refractivity contribution in [2.75, 3.05) is 168 Å². The zero-order valence-corrected chi connectivity index (χ0v) is 75.2. The van der Waals surface area contributed by atoms with E-state index in [1.165, 1.54) is 128 Å². The summed E-state index contributed by atoms with van der Waals surface area (Å²) in [6.07, 6.45) is -33.5. The van der Waals surface area contributed by atoms with E-state index in [0.717, 1.165) is 0 Å². The molecule has 0 aliphatic heterocycles. The van der Waals surface area contributed by atoms with Crippen molar-refractivity contribution in [2.24, 2.45) is 10.8 Å². The molecule has 0 aromatic carbocycles. The molecule has 694 valence electrons. The van der Waals surface area contributed by atoms with Crippen LogP contribution in [-0.4, -0.2) is 292 Å². The van der Waals surface area contributed by atoms with Crippen LogP contribution < -0.4 is 0 Å². The largest absolute Gasteiger partial charge is 0.500 e. The van der Waals surface area contributed by atoms with Crippen LogP contribution in [0.1, 0.15) is 149 Å². The number of ether oxygens (including phenoxy) is 6. The van der Waals surface area contributed by atoms with Crippen molar-refractivity contribution in [2.45, 2.75) is 245 Å². The maximum absolute atomic E-state index is 15.6. The fourth-order valence-corrected chi connectivity index (χ4v) is 24.0. The molecule has 1 aliphatic carbocycles. The number of Topliss-reactive ketones (excluding diaryl/α,β-unsaturated/α-hetero) is 2. The molecule has 0 N–H and O–H groups in total. The van der Waals surface area contributed by atoms with E-state index >= 15 is 22.0 Å². The van der Waals surface area contributed by atoms with Crippen LogP contribution in [0.15, 0.2) is 0 Å². The molecule has 0 heterocycles. The van der Waals surface area contributed by atoms with E-state index in [0.29, 0.717) is 0 Å². The van der Waals surface area contributed by atoms with Crippen LogP contribution in [0.5, 0.6) is 0 Å². The first-order chi connectivity index (χ1) is 53.4. The Kier molecular flexibility index (Phi) is 50.5. The number of hydrogen-bond donors (Lipinski definition) is 0. The summed E-state index contributed by atoms with van der Waals surface area (Å²) in [5.74, 6) is -22.5. The molecular weight excluding hydrogens is 1710 g/mol. The van der Waals surface area contributed by atoms with Gasteiger partial charge in [-0.15, -0.1) is 0 Å². The van der Waals surface area contributed by atoms with E-state index in [1.54, 1.807) is 0 Å². The van der Waals surface area contributed by atoms with E-state index in [-0.39, 0.29) is 121 Å². The van der Waals surface area contributed by atoms with Gasteiger partial charge in [0.05, 0.1) is 0 Å². The Hall–Kier alpha value is -1.51. The Morgan fingerprint density at radius 1 is 0.310 bits per heavy atom. The highest BCUT2D eigenvalue weighted by atomic mass is 28.4. The average molecular weight is 1840 g/mol. The molecule has 0 bridgehead atoms. The van der Waals surface area contributed by atoms with E-state index in [2.05, 4.69) is 28.4 Å². The van der Waals surface area contributed by atoms with Crippen LogP contribution in [0.3, 0.4) is 0 Å². The minimum Gasteiger partial charge on any atom is -0.377 e. The lowest BCUT2D eigenvalue weighted by Crippen LogP contribution is -2.54. The molecule has 1 fully saturated rings. The monoisotopic (exact) mass is 1840 g/mol. The summed E-state index contributed by atoms with van der Waals surface area (Å²) in [7, 11) is 5.70. The van der Waals surface area contributed by atoms with Crippen LogP contribution in [-0.2, 0) is 118 Å². The third-order valence-corrected chi connectivity index (χ3v) is 37.4. The Morgan fingerprint density at radius 2 is 0.543 bits per heavy atom. The summed E-state index contributed by atoms with van der Waals surface area (Å²) < 4.78 is 379. The Bertz CT molecular complexity index is 2530. The van der Waals surface area contributed by atoms with Crippen molar-refractivity contribution < 1.29 is 192 Å². The molecular formula is C67H127F17O26Si6. The van der Waals surface area contributed by atoms with Gasteiger partial charge in [-0.1, -0.05) is 7.43 Å². The Balaban J connectivity index is 0.000132. The molecule has 0 aromatic rings. The summed E-state index contributed by atoms with van der Waals surface area (Å²) in [6.45, 7) is -13.2. The minimum atomic E-state index is -5.57. The molecule has 26 nitrogen and oxygen atoms in total. The second-order valence-corrected chi connectivity index (χ2v) is 46.5. The van der Waals surface area contributed by atoms with Crippen molar-refractivity contribution >= 4 is 64.4 Å². The second-order valence-electron chi connectivity index (χ2n) is 27.9. The van der Waals surface area contributed by atoms with Gasteiger partial charge in [0.2, 0.25) is 5.85 Å². The Morgan fingerprint density at radius 3 is 0.759 bits per heavy atom. The van der Waals surface area contributed by atoms with E-state index < -0.39 is 239 Å². The van der Waals surface area contributed by atoms with Gasteiger partial charge in [0.25, 0.3) is 23.7 Å². The SMILES string of the molecule is C.CO[Si](CCCC(CCC[Si](OC)(OC)OC)(CCC[Si](OC)(OC)OC)C(=O)CCCC(F)(F)COCC(F)(F)OC(F)(F)CC(F)(F)COC1CCC1(F)OCC(F)(F)CC(F)(F)OC(F)(F)COCC(F)(F)CCCC(=O)C(CCC[Si](OC)(OC)OC)(CCC[Si](OC)(OC)OC)CCC[Si](OC)(OC)OC)(OC)OC. The fraction of sp³-hybridized carbons (Fsp3) is 0.970. The van der Waals surface area contributed by atoms with Gasteiger partial charge in [-0.25, -0.2) is 39.5 Å². The average Bonchev–Trinajstić information content (AvgIpc) is 0.787. The predicted molar refractivity (Wildman–Crippen MR) is 396 cm³/mol. The van der Waals surface area contributed by atoms with Crippen molar-refractivity contribution in [3.63, 3.8) is 0 Å². The molecule has 1 aliphatic rings. The standard InChI is InChI=1S/C66H123F17O26Si6.CH4/c1-86-110(87-2,88-3)39-21-30-56(31-22-40-111(89-4,90-5)91-6,32-23-41-112(92-7,93-8)94-9)53(84)27-19-36-58(67,68)47-104-51-65(80,81)108-63(76,77)45-60(71,72)49-106-55-29-38-62(55,75)107-50-61(73,74)46-64(78,79)109-66(82,83)52-105-48-59(69,70)37-20-28-54(85)57(33-24-42-113(95-10,96-11)97-12,34-25-43-114(98-13,99-14)100-15)35-26-44-115(101-16,102-17)103-18;/h55H,19-52H2,1-18H3;1H4. The summed E-state index contributed by atoms with van der Waals surface area (Å²) in [5, 5.41) is 0. The number of alkyl halides is 17. The van der Waals surface area contributed by atoms with Crippen LogP contribution in [0.4, 0.5) is 74.6 Å². The van der Waals surface area contributed by atoms with Crippen LogP contribution in [0.2, 0.25) is 36.3 Å². The maximum Gasteiger partial charge on any atom is 0.500 e. The van der Waals surface area contributed by atoms with Crippen molar-refractivity contribution in [3.05, 3.63) is 0 Å². The van der Waals surface area contributed by atoms with Crippen molar-refractivity contribution in [3.8, 4) is 0 Å². The number of halogens is 17. The first-order valence-corrected chi connectivity index (χ1v) is 48.5. The first kappa shape index (κ1) is 114. The van der Waals surface area contributed by atoms with E-state index in [9.17, 15) is 62.3 Å². The zero-order valence-electron chi connectivity index (χ0n) is 69.2. The maximum atomic E-state index is 15.6. The van der Waals surface area contributed by atoms with Crippen molar-refractivity contribution in [1.29, 1.82) is 0 Å². The molecule has 2 atom stereocenters. The zero-order chi connectivity index (χ0) is 88.2. The minimum absolute atomic E-state index is 0. The molecule has 49 heteroatoms. The molecule has 0 amide bonds. The lowest BCUT2D eigenvalue weighted by Gasteiger charge is -2.43. The topological polar surface area (TPSA) is 256 Å². The summed E-state index contributed by atoms with van der Waals surface area (Å²) in [6, 6.07) is 1.38. The van der Waals surface area contributed by atoms with Gasteiger partial charge >= 0.3 is 77.3 Å². The smallest absolute Gasteiger partial charge is 0.377 e. The van der Waals surface area contributed by atoms with E-state index in [4.69, 9.17) is 79.7 Å². The van der Waals surface area contributed by atoms with Crippen LogP contribution >= 0.6 is 0 Å². The summed E-state index contributed by atoms with van der Waals surface area (Å²) in [4.78, 5) is 29.1. The highest BCUT2D eigenvalue weighted by Gasteiger charge is 2.58. The van der Waals surface area contributed by atoms with Gasteiger partial charge in [0.1, 0.15) is 70.2 Å². The van der Waals surface area contributed by atoms with Gasteiger partial charge in [0.15, 0.2) is 0 Å². The second kappa shape index (κ2) is 51.2. The fourth-order valence-electron chi connectivity index (χ4n) is 13.7. The first-order valence-electron chi connectivity index (χ1n) is 36.9. The van der Waals surface area contributed by atoms with Crippen LogP contribution in [0, 0.1) is 10.8 Å². The molecule has 116 heavy (non-hydrogen) atoms. The predicted octanol–water partition coefficient (Wildman–Crippen LogP) is 15.6. The van der Waals surface area contributed by atoms with Gasteiger partial charge in [-0.05, 0) is 96.3 Å². The quantitative estimate of drug-likeness (QED) is 0.0405. The lowest BCUT2D eigenvalue weighted by atomic mass is 9.71. The number of ketones is 2.